The number of aromatic nitrogens is 3. The third-order valence-corrected chi connectivity index (χ3v) is 2.95. The van der Waals surface area contributed by atoms with E-state index < -0.39 is 5.91 Å². The molecule has 0 saturated carbocycles. The molecule has 0 fully saturated rings. The van der Waals surface area contributed by atoms with Crippen LogP contribution in [0.4, 0.5) is 0 Å². The fourth-order valence-corrected chi connectivity index (χ4v) is 2.05. The smallest absolute Gasteiger partial charge is 0.271 e. The van der Waals surface area contributed by atoms with Crippen molar-refractivity contribution in [2.45, 2.75) is 0 Å². The summed E-state index contributed by atoms with van der Waals surface area (Å²) >= 11 is 0. The molecule has 0 unspecified atom stereocenters. The molecule has 0 aliphatic carbocycles. The van der Waals surface area contributed by atoms with Gasteiger partial charge in [0.25, 0.3) is 5.91 Å². The van der Waals surface area contributed by atoms with Crippen LogP contribution >= 0.6 is 0 Å². The summed E-state index contributed by atoms with van der Waals surface area (Å²) in [6.07, 6.45) is 0. The predicted octanol–water partition coefficient (Wildman–Crippen LogP) is 2.03. The van der Waals surface area contributed by atoms with Crippen molar-refractivity contribution in [2.75, 3.05) is 0 Å². The van der Waals surface area contributed by atoms with Crippen molar-refractivity contribution < 1.29 is 4.79 Å². The third-order valence-electron chi connectivity index (χ3n) is 2.95. The molecule has 1 aromatic heterocycles. The topological polar surface area (TPSA) is 73.8 Å². The van der Waals surface area contributed by atoms with Crippen LogP contribution in [0.2, 0.25) is 0 Å². The summed E-state index contributed by atoms with van der Waals surface area (Å²) in [5.41, 5.74) is 7.82. The second-order valence-electron chi connectivity index (χ2n) is 4.26. The summed E-state index contributed by atoms with van der Waals surface area (Å²) in [6.45, 7) is 0. The van der Waals surface area contributed by atoms with Crippen molar-refractivity contribution in [1.29, 1.82) is 0 Å². The van der Waals surface area contributed by atoms with Crippen LogP contribution < -0.4 is 5.73 Å². The minimum Gasteiger partial charge on any atom is -0.364 e. The number of nitrogens with zero attached hydrogens (tertiary/aromatic N) is 3. The number of primary amides is 1. The van der Waals surface area contributed by atoms with Gasteiger partial charge in [-0.25, -0.2) is 4.68 Å². The molecular weight excluding hydrogens is 252 g/mol. The molecule has 2 N–H and O–H groups in total. The van der Waals surface area contributed by atoms with Gasteiger partial charge in [-0.3, -0.25) is 4.79 Å². The Kier molecular flexibility index (Phi) is 3.01. The van der Waals surface area contributed by atoms with Gasteiger partial charge < -0.3 is 5.73 Å². The Bertz CT molecular complexity index is 735. The molecule has 0 spiro atoms. The Labute approximate surface area is 115 Å². The van der Waals surface area contributed by atoms with Gasteiger partial charge in [-0.15, -0.1) is 5.10 Å². The van der Waals surface area contributed by atoms with Crippen molar-refractivity contribution in [1.82, 2.24) is 15.0 Å². The minimum absolute atomic E-state index is 0.167. The van der Waals surface area contributed by atoms with E-state index in [-0.39, 0.29) is 5.69 Å². The van der Waals surface area contributed by atoms with Crippen LogP contribution in [0, 0.1) is 0 Å². The first-order valence-corrected chi connectivity index (χ1v) is 6.13. The monoisotopic (exact) mass is 264 g/mol. The van der Waals surface area contributed by atoms with Gasteiger partial charge in [0.15, 0.2) is 5.69 Å². The number of carbonyl (C=O) groups is 1. The maximum absolute atomic E-state index is 11.5. The normalized spacial score (nSPS) is 10.4. The molecular formula is C15H12N4O. The molecule has 3 aromatic rings. The SMILES string of the molecule is NC(=O)c1nnn(-c2ccccc2)c1-c1ccccc1. The highest BCUT2D eigenvalue weighted by atomic mass is 16.1. The second kappa shape index (κ2) is 4.97. The Hall–Kier alpha value is -2.95. The number of hydrogen-bond donors (Lipinski definition) is 1. The maximum atomic E-state index is 11.5. The number of benzene rings is 2. The van der Waals surface area contributed by atoms with Crippen molar-refractivity contribution >= 4 is 5.91 Å². The lowest BCUT2D eigenvalue weighted by Gasteiger charge is -2.07. The number of nitrogens with two attached hydrogens (primary N) is 1. The Balaban J connectivity index is 2.25. The quantitative estimate of drug-likeness (QED) is 0.786. The van der Waals surface area contributed by atoms with E-state index in [2.05, 4.69) is 10.3 Å². The Morgan fingerprint density at radius 3 is 2.15 bits per heavy atom. The molecule has 3 rings (SSSR count). The number of para-hydroxylation sites is 1. The maximum Gasteiger partial charge on any atom is 0.271 e. The largest absolute Gasteiger partial charge is 0.364 e. The second-order valence-corrected chi connectivity index (χ2v) is 4.26. The van der Waals surface area contributed by atoms with E-state index in [1.807, 2.05) is 60.7 Å². The van der Waals surface area contributed by atoms with E-state index in [0.29, 0.717) is 5.69 Å². The Morgan fingerprint density at radius 2 is 1.55 bits per heavy atom. The molecule has 2 aromatic carbocycles. The molecule has 0 aliphatic rings. The predicted molar refractivity (Wildman–Crippen MR) is 75.3 cm³/mol. The third kappa shape index (κ3) is 2.05. The average Bonchev–Trinajstić information content (AvgIpc) is 2.94. The first-order chi connectivity index (χ1) is 9.77. The van der Waals surface area contributed by atoms with Crippen molar-refractivity contribution in [2.24, 2.45) is 5.73 Å². The molecule has 5 nitrogen and oxygen atoms in total. The van der Waals surface area contributed by atoms with Crippen LogP contribution in [-0.2, 0) is 0 Å². The summed E-state index contributed by atoms with van der Waals surface area (Å²) in [7, 11) is 0. The highest BCUT2D eigenvalue weighted by Crippen LogP contribution is 2.24. The minimum atomic E-state index is -0.592. The van der Waals surface area contributed by atoms with Gasteiger partial charge in [0.05, 0.1) is 5.69 Å². The van der Waals surface area contributed by atoms with Gasteiger partial charge in [-0.05, 0) is 12.1 Å². The van der Waals surface area contributed by atoms with E-state index in [9.17, 15) is 4.79 Å². The van der Waals surface area contributed by atoms with Crippen LogP contribution in [0.5, 0.6) is 0 Å². The van der Waals surface area contributed by atoms with E-state index in [1.165, 1.54) is 0 Å². The van der Waals surface area contributed by atoms with Gasteiger partial charge in [0.2, 0.25) is 0 Å². The van der Waals surface area contributed by atoms with E-state index in [4.69, 9.17) is 5.73 Å². The van der Waals surface area contributed by atoms with Crippen LogP contribution in [0.3, 0.4) is 0 Å². The van der Waals surface area contributed by atoms with Crippen LogP contribution in [0.15, 0.2) is 60.7 Å². The summed E-state index contributed by atoms with van der Waals surface area (Å²) in [5, 5.41) is 7.96. The van der Waals surface area contributed by atoms with Crippen LogP contribution in [0.25, 0.3) is 16.9 Å². The molecule has 0 bridgehead atoms. The zero-order valence-corrected chi connectivity index (χ0v) is 10.6. The molecule has 98 valence electrons. The van der Waals surface area contributed by atoms with Gasteiger partial charge in [0, 0.05) is 5.56 Å². The van der Waals surface area contributed by atoms with Gasteiger partial charge in [0.1, 0.15) is 5.69 Å². The number of amides is 1. The number of carbonyl (C=O) groups excluding carboxylic acids is 1. The highest BCUT2D eigenvalue weighted by molar-refractivity contribution is 5.97. The molecule has 20 heavy (non-hydrogen) atoms. The van der Waals surface area contributed by atoms with Crippen LogP contribution in [0.1, 0.15) is 10.5 Å². The molecule has 0 saturated heterocycles. The van der Waals surface area contributed by atoms with Crippen molar-refractivity contribution in [3.8, 4) is 16.9 Å². The van der Waals surface area contributed by atoms with E-state index in [0.717, 1.165) is 11.3 Å². The van der Waals surface area contributed by atoms with Gasteiger partial charge in [-0.1, -0.05) is 53.7 Å². The van der Waals surface area contributed by atoms with Gasteiger partial charge >= 0.3 is 0 Å². The first kappa shape index (κ1) is 12.1. The zero-order valence-electron chi connectivity index (χ0n) is 10.6. The summed E-state index contributed by atoms with van der Waals surface area (Å²) in [5.74, 6) is -0.592. The zero-order chi connectivity index (χ0) is 13.9. The summed E-state index contributed by atoms with van der Waals surface area (Å²) < 4.78 is 1.62. The molecule has 1 amide bonds. The standard InChI is InChI=1S/C15H12N4O/c16-15(20)13-14(11-7-3-1-4-8-11)19(18-17-13)12-9-5-2-6-10-12/h1-10H,(H2,16,20). The summed E-state index contributed by atoms with van der Waals surface area (Å²) in [6, 6.07) is 19.0. The molecule has 1 heterocycles. The molecule has 0 atom stereocenters. The first-order valence-electron chi connectivity index (χ1n) is 6.13. The lowest BCUT2D eigenvalue weighted by molar-refractivity contribution is 0.0996. The molecule has 5 heteroatoms. The average molecular weight is 264 g/mol. The van der Waals surface area contributed by atoms with Crippen molar-refractivity contribution in [3.63, 3.8) is 0 Å². The fourth-order valence-electron chi connectivity index (χ4n) is 2.05. The molecule has 0 radical (unpaired) electrons. The van der Waals surface area contributed by atoms with Crippen molar-refractivity contribution in [3.05, 3.63) is 66.4 Å². The van der Waals surface area contributed by atoms with Crippen LogP contribution in [-0.4, -0.2) is 20.9 Å². The van der Waals surface area contributed by atoms with E-state index in [1.54, 1.807) is 4.68 Å². The molecule has 0 aliphatic heterocycles. The Morgan fingerprint density at radius 1 is 0.950 bits per heavy atom. The highest BCUT2D eigenvalue weighted by Gasteiger charge is 2.19. The van der Waals surface area contributed by atoms with E-state index >= 15 is 0 Å². The summed E-state index contributed by atoms with van der Waals surface area (Å²) in [4.78, 5) is 11.5. The fraction of sp³-hybridized carbons (Fsp3) is 0. The van der Waals surface area contributed by atoms with Gasteiger partial charge in [-0.2, -0.15) is 0 Å². The lowest BCUT2D eigenvalue weighted by atomic mass is 10.1. The lowest BCUT2D eigenvalue weighted by Crippen LogP contribution is -2.13. The number of rotatable bonds is 3. The number of hydrogen-bond acceptors (Lipinski definition) is 3.